The SMILES string of the molecule is CC1(C)C(n2c(CCl)nc3cc(I)c(F)cc32)C1(C)C. The maximum absolute atomic E-state index is 13.9. The van der Waals surface area contributed by atoms with Gasteiger partial charge >= 0.3 is 0 Å². The molecule has 0 amide bonds. The second-order valence-corrected chi connectivity index (χ2v) is 8.06. The molecule has 108 valence electrons. The Kier molecular flexibility index (Phi) is 3.15. The van der Waals surface area contributed by atoms with Crippen LogP contribution in [0.1, 0.15) is 39.6 Å². The van der Waals surface area contributed by atoms with Crippen LogP contribution in [0.3, 0.4) is 0 Å². The molecule has 2 aromatic rings. The number of hydrogen-bond acceptors (Lipinski definition) is 1. The largest absolute Gasteiger partial charge is 0.323 e. The van der Waals surface area contributed by atoms with Gasteiger partial charge in [0.2, 0.25) is 0 Å². The Labute approximate surface area is 136 Å². The standard InChI is InChI=1S/C15H17ClFIN2/c1-14(2)13(15(14,3)4)20-11-5-8(17)9(18)6-10(11)19-12(20)7-16/h5-6,13H,7H2,1-4H3. The summed E-state index contributed by atoms with van der Waals surface area (Å²) in [7, 11) is 0. The van der Waals surface area contributed by atoms with Crippen LogP contribution in [0, 0.1) is 20.2 Å². The summed E-state index contributed by atoms with van der Waals surface area (Å²) < 4.78 is 16.7. The Morgan fingerprint density at radius 3 is 2.40 bits per heavy atom. The summed E-state index contributed by atoms with van der Waals surface area (Å²) >= 11 is 8.06. The van der Waals surface area contributed by atoms with Gasteiger partial charge in [0, 0.05) is 12.1 Å². The van der Waals surface area contributed by atoms with Crippen molar-refractivity contribution in [2.24, 2.45) is 10.8 Å². The number of imidazole rings is 1. The van der Waals surface area contributed by atoms with Gasteiger partial charge in [-0.15, -0.1) is 11.6 Å². The van der Waals surface area contributed by atoms with E-state index in [4.69, 9.17) is 11.6 Å². The third-order valence-corrected chi connectivity index (χ3v) is 6.19. The highest BCUT2D eigenvalue weighted by Crippen LogP contribution is 2.72. The Balaban J connectivity index is 2.27. The molecule has 1 saturated carbocycles. The van der Waals surface area contributed by atoms with Crippen molar-refractivity contribution in [1.82, 2.24) is 9.55 Å². The fourth-order valence-electron chi connectivity index (χ4n) is 3.33. The molecule has 1 heterocycles. The number of halogens is 3. The van der Waals surface area contributed by atoms with Gasteiger partial charge in [0.05, 0.1) is 20.5 Å². The summed E-state index contributed by atoms with van der Waals surface area (Å²) in [4.78, 5) is 4.59. The Bertz CT molecular complexity index is 691. The zero-order valence-corrected chi connectivity index (χ0v) is 14.9. The van der Waals surface area contributed by atoms with E-state index >= 15 is 0 Å². The third-order valence-electron chi connectivity index (χ3n) is 5.13. The highest BCUT2D eigenvalue weighted by Gasteiger charge is 2.66. The van der Waals surface area contributed by atoms with Gasteiger partial charge in [-0.1, -0.05) is 27.7 Å². The molecule has 5 heteroatoms. The number of nitrogens with zero attached hydrogens (tertiary/aromatic N) is 2. The molecule has 0 N–H and O–H groups in total. The summed E-state index contributed by atoms with van der Waals surface area (Å²) in [6.07, 6.45) is 0. The lowest BCUT2D eigenvalue weighted by atomic mass is 10.0. The lowest BCUT2D eigenvalue weighted by molar-refractivity contribution is 0.457. The van der Waals surface area contributed by atoms with Crippen molar-refractivity contribution in [3.05, 3.63) is 27.3 Å². The molecule has 3 rings (SSSR count). The van der Waals surface area contributed by atoms with Crippen molar-refractivity contribution in [2.75, 3.05) is 0 Å². The molecule has 0 atom stereocenters. The first kappa shape index (κ1) is 14.6. The minimum atomic E-state index is -0.198. The summed E-state index contributed by atoms with van der Waals surface area (Å²) in [5.74, 6) is 0.971. The smallest absolute Gasteiger partial charge is 0.138 e. The first-order valence-electron chi connectivity index (χ1n) is 6.63. The lowest BCUT2D eigenvalue weighted by Gasteiger charge is -2.10. The van der Waals surface area contributed by atoms with E-state index in [1.54, 1.807) is 12.1 Å². The van der Waals surface area contributed by atoms with E-state index in [-0.39, 0.29) is 16.6 Å². The van der Waals surface area contributed by atoms with E-state index in [1.165, 1.54) is 0 Å². The maximum Gasteiger partial charge on any atom is 0.138 e. The third kappa shape index (κ3) is 1.76. The summed E-state index contributed by atoms with van der Waals surface area (Å²) in [6.45, 7) is 8.96. The van der Waals surface area contributed by atoms with E-state index in [2.05, 4.69) is 37.2 Å². The minimum absolute atomic E-state index is 0.154. The van der Waals surface area contributed by atoms with Gasteiger partial charge in [-0.2, -0.15) is 0 Å². The van der Waals surface area contributed by atoms with Crippen LogP contribution in [0.2, 0.25) is 0 Å². The predicted octanol–water partition coefficient (Wildman–Crippen LogP) is 5.13. The number of benzene rings is 1. The number of aromatic nitrogens is 2. The van der Waals surface area contributed by atoms with Crippen LogP contribution in [0.5, 0.6) is 0 Å². The molecule has 0 spiro atoms. The van der Waals surface area contributed by atoms with Crippen molar-refractivity contribution in [3.8, 4) is 0 Å². The normalized spacial score (nSPS) is 20.6. The molecule has 0 aliphatic heterocycles. The second-order valence-electron chi connectivity index (χ2n) is 6.63. The van der Waals surface area contributed by atoms with Crippen LogP contribution in [-0.4, -0.2) is 9.55 Å². The zero-order chi connectivity index (χ0) is 14.9. The molecule has 1 aromatic carbocycles. The van der Waals surface area contributed by atoms with Crippen LogP contribution in [0.15, 0.2) is 12.1 Å². The molecule has 1 aromatic heterocycles. The highest BCUT2D eigenvalue weighted by molar-refractivity contribution is 14.1. The first-order valence-corrected chi connectivity index (χ1v) is 8.25. The molecule has 1 fully saturated rings. The first-order chi connectivity index (χ1) is 9.21. The molecule has 0 bridgehead atoms. The minimum Gasteiger partial charge on any atom is -0.323 e. The van der Waals surface area contributed by atoms with Gasteiger partial charge in [0.1, 0.15) is 11.6 Å². The quantitative estimate of drug-likeness (QED) is 0.500. The number of hydrogen-bond donors (Lipinski definition) is 0. The van der Waals surface area contributed by atoms with Gasteiger partial charge in [0.25, 0.3) is 0 Å². The molecule has 0 unspecified atom stereocenters. The van der Waals surface area contributed by atoms with Crippen molar-refractivity contribution in [2.45, 2.75) is 39.6 Å². The van der Waals surface area contributed by atoms with Crippen molar-refractivity contribution < 1.29 is 4.39 Å². The molecule has 1 aliphatic rings. The Morgan fingerprint density at radius 2 is 1.90 bits per heavy atom. The predicted molar refractivity (Wildman–Crippen MR) is 88.6 cm³/mol. The molecule has 2 nitrogen and oxygen atoms in total. The zero-order valence-electron chi connectivity index (χ0n) is 12.0. The van der Waals surface area contributed by atoms with E-state index in [0.29, 0.717) is 15.5 Å². The molecule has 0 saturated heterocycles. The number of alkyl halides is 1. The summed E-state index contributed by atoms with van der Waals surface area (Å²) in [5, 5.41) is 0. The van der Waals surface area contributed by atoms with E-state index in [1.807, 2.05) is 22.6 Å². The summed E-state index contributed by atoms with van der Waals surface area (Å²) in [5.41, 5.74) is 1.98. The van der Waals surface area contributed by atoms with E-state index < -0.39 is 0 Å². The van der Waals surface area contributed by atoms with Gasteiger partial charge in [-0.25, -0.2) is 9.37 Å². The highest BCUT2D eigenvalue weighted by atomic mass is 127. The number of rotatable bonds is 2. The fraction of sp³-hybridized carbons (Fsp3) is 0.533. The lowest BCUT2D eigenvalue weighted by Crippen LogP contribution is -2.05. The van der Waals surface area contributed by atoms with Crippen molar-refractivity contribution in [1.29, 1.82) is 0 Å². The Hall–Kier alpha value is -0.360. The number of fused-ring (bicyclic) bond motifs is 1. The van der Waals surface area contributed by atoms with Crippen LogP contribution in [-0.2, 0) is 5.88 Å². The van der Waals surface area contributed by atoms with Crippen LogP contribution in [0.4, 0.5) is 4.39 Å². The molecular weight excluding hydrogens is 390 g/mol. The maximum atomic E-state index is 13.9. The van der Waals surface area contributed by atoms with Crippen LogP contribution in [0.25, 0.3) is 11.0 Å². The van der Waals surface area contributed by atoms with Gasteiger partial charge in [0.15, 0.2) is 0 Å². The van der Waals surface area contributed by atoms with Crippen LogP contribution >= 0.6 is 34.2 Å². The summed E-state index contributed by atoms with van der Waals surface area (Å²) in [6, 6.07) is 3.68. The Morgan fingerprint density at radius 1 is 1.30 bits per heavy atom. The fourth-order valence-corrected chi connectivity index (χ4v) is 3.97. The van der Waals surface area contributed by atoms with E-state index in [0.717, 1.165) is 16.9 Å². The van der Waals surface area contributed by atoms with Crippen molar-refractivity contribution >= 4 is 45.2 Å². The molecule has 0 radical (unpaired) electrons. The van der Waals surface area contributed by atoms with E-state index in [9.17, 15) is 4.39 Å². The van der Waals surface area contributed by atoms with Gasteiger partial charge in [-0.05, 0) is 39.5 Å². The average molecular weight is 407 g/mol. The topological polar surface area (TPSA) is 17.8 Å². The van der Waals surface area contributed by atoms with Gasteiger partial charge in [-0.3, -0.25) is 0 Å². The molecule has 1 aliphatic carbocycles. The van der Waals surface area contributed by atoms with Gasteiger partial charge < -0.3 is 4.57 Å². The van der Waals surface area contributed by atoms with Crippen LogP contribution < -0.4 is 0 Å². The second kappa shape index (κ2) is 4.32. The molecular formula is C15H17ClFIN2. The monoisotopic (exact) mass is 406 g/mol. The average Bonchev–Trinajstić information content (AvgIpc) is 2.65. The molecule has 20 heavy (non-hydrogen) atoms. The van der Waals surface area contributed by atoms with Crippen molar-refractivity contribution in [3.63, 3.8) is 0 Å².